The van der Waals surface area contributed by atoms with Crippen molar-refractivity contribution in [3.8, 4) is 0 Å². The number of aliphatic imine (C=N–C) groups is 1. The summed E-state index contributed by atoms with van der Waals surface area (Å²) < 4.78 is 12.9. The molecule has 5 nitrogen and oxygen atoms in total. The first-order valence-electron chi connectivity index (χ1n) is 6.04. The number of halogens is 2. The average molecular weight is 394 g/mol. The molecular formula is C13H20FIN4O. The van der Waals surface area contributed by atoms with Crippen molar-refractivity contribution < 1.29 is 9.18 Å². The second-order valence-electron chi connectivity index (χ2n) is 4.28. The zero-order valence-electron chi connectivity index (χ0n) is 11.7. The molecule has 0 heterocycles. The molecule has 0 unspecified atom stereocenters. The van der Waals surface area contributed by atoms with E-state index in [1.807, 2.05) is 13.8 Å². The van der Waals surface area contributed by atoms with Crippen molar-refractivity contribution in [1.29, 1.82) is 0 Å². The summed E-state index contributed by atoms with van der Waals surface area (Å²) in [7, 11) is 1.63. The highest BCUT2D eigenvalue weighted by Gasteiger charge is 2.05. The van der Waals surface area contributed by atoms with Gasteiger partial charge in [-0.2, -0.15) is 0 Å². The number of benzene rings is 1. The molecule has 0 saturated carbocycles. The number of guanidine groups is 1. The Morgan fingerprint density at radius 2 is 2.10 bits per heavy atom. The number of carbonyl (C=O) groups is 1. The Morgan fingerprint density at radius 1 is 1.40 bits per heavy atom. The van der Waals surface area contributed by atoms with E-state index in [0.29, 0.717) is 11.6 Å². The van der Waals surface area contributed by atoms with Crippen molar-refractivity contribution in [2.75, 3.05) is 18.9 Å². The minimum atomic E-state index is -0.386. The smallest absolute Gasteiger partial charge is 0.243 e. The van der Waals surface area contributed by atoms with Crippen LogP contribution in [0.3, 0.4) is 0 Å². The first kappa shape index (κ1) is 18.6. The van der Waals surface area contributed by atoms with E-state index in [-0.39, 0.29) is 48.3 Å². The SMILES string of the molecule is CN=C(NCC(=O)Nc1cccc(F)c1)NC(C)C.I. The fourth-order valence-electron chi connectivity index (χ4n) is 1.40. The molecule has 0 aliphatic rings. The van der Waals surface area contributed by atoms with E-state index in [1.165, 1.54) is 18.2 Å². The molecule has 112 valence electrons. The minimum absolute atomic E-state index is 0. The molecule has 1 rings (SSSR count). The third-order valence-corrected chi connectivity index (χ3v) is 2.17. The monoisotopic (exact) mass is 394 g/mol. The van der Waals surface area contributed by atoms with Gasteiger partial charge in [0.05, 0.1) is 6.54 Å². The highest BCUT2D eigenvalue weighted by molar-refractivity contribution is 14.0. The van der Waals surface area contributed by atoms with E-state index in [1.54, 1.807) is 13.1 Å². The van der Waals surface area contributed by atoms with Crippen LogP contribution in [-0.2, 0) is 4.79 Å². The predicted octanol–water partition coefficient (Wildman–Crippen LogP) is 1.96. The molecule has 1 aromatic rings. The summed E-state index contributed by atoms with van der Waals surface area (Å²) in [6.45, 7) is 4.00. The second-order valence-corrected chi connectivity index (χ2v) is 4.28. The number of amides is 1. The van der Waals surface area contributed by atoms with Crippen molar-refractivity contribution in [1.82, 2.24) is 10.6 Å². The van der Waals surface area contributed by atoms with Crippen LogP contribution in [0.1, 0.15) is 13.8 Å². The lowest BCUT2D eigenvalue weighted by molar-refractivity contribution is -0.115. The molecule has 20 heavy (non-hydrogen) atoms. The van der Waals surface area contributed by atoms with Gasteiger partial charge in [-0.15, -0.1) is 24.0 Å². The molecule has 1 amide bonds. The molecule has 0 aromatic heterocycles. The van der Waals surface area contributed by atoms with Crippen LogP contribution in [0.2, 0.25) is 0 Å². The summed E-state index contributed by atoms with van der Waals surface area (Å²) in [6, 6.07) is 5.97. The largest absolute Gasteiger partial charge is 0.354 e. The van der Waals surface area contributed by atoms with Crippen LogP contribution in [0.15, 0.2) is 29.3 Å². The lowest BCUT2D eigenvalue weighted by Crippen LogP contribution is -2.44. The van der Waals surface area contributed by atoms with Crippen molar-refractivity contribution in [2.45, 2.75) is 19.9 Å². The van der Waals surface area contributed by atoms with E-state index >= 15 is 0 Å². The van der Waals surface area contributed by atoms with E-state index in [0.717, 1.165) is 0 Å². The number of rotatable bonds is 4. The van der Waals surface area contributed by atoms with Crippen LogP contribution in [0.4, 0.5) is 10.1 Å². The molecule has 0 bridgehead atoms. The van der Waals surface area contributed by atoms with Crippen LogP contribution in [0, 0.1) is 5.82 Å². The Labute approximate surface area is 135 Å². The normalized spacial score (nSPS) is 10.8. The van der Waals surface area contributed by atoms with E-state index in [2.05, 4.69) is 20.9 Å². The molecule has 0 aliphatic carbocycles. The van der Waals surface area contributed by atoms with Gasteiger partial charge in [0.15, 0.2) is 5.96 Å². The predicted molar refractivity (Wildman–Crippen MR) is 90.1 cm³/mol. The van der Waals surface area contributed by atoms with Gasteiger partial charge < -0.3 is 16.0 Å². The molecule has 0 saturated heterocycles. The Kier molecular flexibility index (Phi) is 8.86. The quantitative estimate of drug-likeness (QED) is 0.416. The number of nitrogens with one attached hydrogen (secondary N) is 3. The van der Waals surface area contributed by atoms with Crippen molar-refractivity contribution in [3.63, 3.8) is 0 Å². The molecule has 0 radical (unpaired) electrons. The van der Waals surface area contributed by atoms with Gasteiger partial charge in [0.25, 0.3) is 0 Å². The van der Waals surface area contributed by atoms with Gasteiger partial charge in [0.2, 0.25) is 5.91 Å². The van der Waals surface area contributed by atoms with Crippen molar-refractivity contribution in [2.24, 2.45) is 4.99 Å². The molecule has 0 spiro atoms. The summed E-state index contributed by atoms with van der Waals surface area (Å²) >= 11 is 0. The zero-order valence-corrected chi connectivity index (χ0v) is 14.1. The Bertz CT molecular complexity index is 465. The molecule has 0 atom stereocenters. The van der Waals surface area contributed by atoms with Gasteiger partial charge in [0, 0.05) is 18.8 Å². The van der Waals surface area contributed by atoms with Crippen LogP contribution < -0.4 is 16.0 Å². The number of hydrogen-bond acceptors (Lipinski definition) is 2. The van der Waals surface area contributed by atoms with Gasteiger partial charge in [0.1, 0.15) is 5.82 Å². The number of anilines is 1. The lowest BCUT2D eigenvalue weighted by Gasteiger charge is -2.14. The van der Waals surface area contributed by atoms with Gasteiger partial charge in [-0.05, 0) is 32.0 Å². The Hall–Kier alpha value is -1.38. The van der Waals surface area contributed by atoms with Gasteiger partial charge in [-0.25, -0.2) is 4.39 Å². The summed E-state index contributed by atoms with van der Waals surface area (Å²) in [5.74, 6) is -0.107. The number of hydrogen-bond donors (Lipinski definition) is 3. The maximum absolute atomic E-state index is 12.9. The van der Waals surface area contributed by atoms with E-state index < -0.39 is 0 Å². The molecule has 7 heteroatoms. The fourth-order valence-corrected chi connectivity index (χ4v) is 1.40. The van der Waals surface area contributed by atoms with Gasteiger partial charge >= 0.3 is 0 Å². The first-order valence-corrected chi connectivity index (χ1v) is 6.04. The zero-order chi connectivity index (χ0) is 14.3. The maximum atomic E-state index is 12.9. The molecule has 0 aliphatic heterocycles. The second kappa shape index (κ2) is 9.51. The minimum Gasteiger partial charge on any atom is -0.354 e. The van der Waals surface area contributed by atoms with Crippen molar-refractivity contribution in [3.05, 3.63) is 30.1 Å². The van der Waals surface area contributed by atoms with Gasteiger partial charge in [-0.1, -0.05) is 6.07 Å². The van der Waals surface area contributed by atoms with Crippen LogP contribution in [0.25, 0.3) is 0 Å². The first-order chi connectivity index (χ1) is 9.01. The lowest BCUT2D eigenvalue weighted by atomic mass is 10.3. The molecule has 3 N–H and O–H groups in total. The number of carbonyl (C=O) groups excluding carboxylic acids is 1. The molecule has 1 aromatic carbocycles. The Morgan fingerprint density at radius 3 is 2.65 bits per heavy atom. The molecule has 0 fully saturated rings. The van der Waals surface area contributed by atoms with Crippen molar-refractivity contribution >= 4 is 41.5 Å². The highest BCUT2D eigenvalue weighted by atomic mass is 127. The third-order valence-electron chi connectivity index (χ3n) is 2.17. The third kappa shape index (κ3) is 7.27. The topological polar surface area (TPSA) is 65.5 Å². The van der Waals surface area contributed by atoms with E-state index in [9.17, 15) is 9.18 Å². The highest BCUT2D eigenvalue weighted by Crippen LogP contribution is 2.08. The van der Waals surface area contributed by atoms with Gasteiger partial charge in [-0.3, -0.25) is 9.79 Å². The average Bonchev–Trinajstić information content (AvgIpc) is 2.34. The summed E-state index contributed by atoms with van der Waals surface area (Å²) in [6.07, 6.45) is 0. The maximum Gasteiger partial charge on any atom is 0.243 e. The van der Waals surface area contributed by atoms with Crippen LogP contribution in [-0.4, -0.2) is 31.5 Å². The number of nitrogens with zero attached hydrogens (tertiary/aromatic N) is 1. The summed E-state index contributed by atoms with van der Waals surface area (Å²) in [4.78, 5) is 15.6. The Balaban J connectivity index is 0.00000361. The molecular weight excluding hydrogens is 374 g/mol. The van der Waals surface area contributed by atoms with Crippen LogP contribution >= 0.6 is 24.0 Å². The fraction of sp³-hybridized carbons (Fsp3) is 0.385. The van der Waals surface area contributed by atoms with Crippen LogP contribution in [0.5, 0.6) is 0 Å². The summed E-state index contributed by atoms with van der Waals surface area (Å²) in [5.41, 5.74) is 0.429. The standard InChI is InChI=1S/C13H19FN4O.HI/c1-9(2)17-13(15-3)16-8-12(19)18-11-6-4-5-10(14)7-11;/h4-7,9H,8H2,1-3H3,(H,18,19)(H2,15,16,17);1H. The van der Waals surface area contributed by atoms with E-state index in [4.69, 9.17) is 0 Å². The summed E-state index contributed by atoms with van der Waals surface area (Å²) in [5, 5.41) is 8.52.